The van der Waals surface area contributed by atoms with Crippen molar-refractivity contribution in [3.8, 4) is 6.07 Å². The van der Waals surface area contributed by atoms with Crippen LogP contribution in [0.2, 0.25) is 0 Å². The highest BCUT2D eigenvalue weighted by Gasteiger charge is 2.38. The summed E-state index contributed by atoms with van der Waals surface area (Å²) in [5.41, 5.74) is 3.61. The summed E-state index contributed by atoms with van der Waals surface area (Å²) in [6, 6.07) is 17.1. The Morgan fingerprint density at radius 2 is 1.82 bits per heavy atom. The van der Waals surface area contributed by atoms with Gasteiger partial charge in [0.2, 0.25) is 0 Å². The van der Waals surface area contributed by atoms with Gasteiger partial charge >= 0.3 is 12.1 Å². The van der Waals surface area contributed by atoms with E-state index in [4.69, 9.17) is 5.11 Å². The molecule has 1 fully saturated rings. The molecular weight excluding hydrogens is 503 g/mol. The van der Waals surface area contributed by atoms with E-state index in [0.29, 0.717) is 39.0 Å². The number of carbonyl (C=O) groups is 1. The topological polar surface area (TPSA) is 78.4 Å². The quantitative estimate of drug-likeness (QED) is 0.209. The van der Waals surface area contributed by atoms with Crippen molar-refractivity contribution in [1.82, 2.24) is 9.38 Å². The third kappa shape index (κ3) is 5.08. The van der Waals surface area contributed by atoms with E-state index in [-0.39, 0.29) is 17.2 Å². The van der Waals surface area contributed by atoms with Gasteiger partial charge < -0.3 is 5.11 Å². The number of aryl methyl sites for hydroxylation is 1. The van der Waals surface area contributed by atoms with Crippen LogP contribution in [0.4, 0.5) is 13.2 Å². The summed E-state index contributed by atoms with van der Waals surface area (Å²) in [5.74, 6) is -1.21. The third-order valence-corrected chi connectivity index (χ3v) is 7.11. The zero-order valence-electron chi connectivity index (χ0n) is 21.0. The molecule has 1 aliphatic rings. The second kappa shape index (κ2) is 10.3. The molecule has 4 aromatic rings. The van der Waals surface area contributed by atoms with Gasteiger partial charge in [0, 0.05) is 24.0 Å². The van der Waals surface area contributed by atoms with Crippen LogP contribution in [0.5, 0.6) is 0 Å². The Balaban J connectivity index is 1.87. The molecule has 0 saturated heterocycles. The number of imidazole rings is 1. The summed E-state index contributed by atoms with van der Waals surface area (Å²) in [6.45, 7) is 1.64. The van der Waals surface area contributed by atoms with Crippen molar-refractivity contribution in [1.29, 1.82) is 5.26 Å². The van der Waals surface area contributed by atoms with Crippen molar-refractivity contribution in [2.75, 3.05) is 0 Å². The van der Waals surface area contributed by atoms with Gasteiger partial charge in [0.05, 0.1) is 5.56 Å². The number of aromatic nitrogens is 2. The summed E-state index contributed by atoms with van der Waals surface area (Å²) in [7, 11) is 0. The van der Waals surface area contributed by atoms with Crippen molar-refractivity contribution in [2.45, 2.75) is 32.4 Å². The lowest BCUT2D eigenvalue weighted by Crippen LogP contribution is -2.19. The van der Waals surface area contributed by atoms with Crippen molar-refractivity contribution in [2.24, 2.45) is 5.92 Å². The monoisotopic (exact) mass is 527 g/mol. The number of benzene rings is 2. The highest BCUT2D eigenvalue weighted by molar-refractivity contribution is 6.01. The molecule has 1 saturated carbocycles. The molecule has 0 spiro atoms. The van der Waals surface area contributed by atoms with Gasteiger partial charge in [-0.2, -0.15) is 18.4 Å². The Hall–Kier alpha value is -4.64. The molecule has 1 aliphatic carbocycles. The number of nitriles is 1. The molecule has 5 rings (SSSR count). The van der Waals surface area contributed by atoms with E-state index in [2.05, 4.69) is 11.1 Å². The molecule has 0 aliphatic heterocycles. The van der Waals surface area contributed by atoms with Crippen LogP contribution in [0.15, 0.2) is 73.1 Å². The van der Waals surface area contributed by atoms with Crippen LogP contribution in [-0.4, -0.2) is 20.5 Å². The summed E-state index contributed by atoms with van der Waals surface area (Å²) in [5, 5.41) is 19.2. The minimum absolute atomic E-state index is 0.109. The molecule has 5 nitrogen and oxygen atoms in total. The Bertz CT molecular complexity index is 1670. The molecule has 0 amide bonds. The van der Waals surface area contributed by atoms with Crippen LogP contribution in [0.3, 0.4) is 0 Å². The minimum atomic E-state index is -4.57. The molecule has 2 aromatic heterocycles. The molecule has 0 atom stereocenters. The molecule has 39 heavy (non-hydrogen) atoms. The number of halogens is 3. The maximum absolute atomic E-state index is 14.4. The van der Waals surface area contributed by atoms with Gasteiger partial charge in [-0.3, -0.25) is 4.40 Å². The first-order chi connectivity index (χ1) is 18.7. The van der Waals surface area contributed by atoms with Gasteiger partial charge in [-0.1, -0.05) is 48.4 Å². The van der Waals surface area contributed by atoms with Crippen molar-refractivity contribution in [3.63, 3.8) is 0 Å². The van der Waals surface area contributed by atoms with Crippen LogP contribution in [-0.2, 0) is 11.0 Å². The summed E-state index contributed by atoms with van der Waals surface area (Å²) < 4.78 is 44.9. The third-order valence-electron chi connectivity index (χ3n) is 7.11. The smallest absolute Gasteiger partial charge is 0.417 e. The van der Waals surface area contributed by atoms with Gasteiger partial charge in [-0.05, 0) is 77.8 Å². The molecule has 0 bridgehead atoms. The highest BCUT2D eigenvalue weighted by Crippen LogP contribution is 2.48. The largest absolute Gasteiger partial charge is 0.478 e. The van der Waals surface area contributed by atoms with Crippen molar-refractivity contribution in [3.05, 3.63) is 112 Å². The zero-order chi connectivity index (χ0) is 27.7. The second-order valence-electron chi connectivity index (χ2n) is 9.62. The molecule has 196 valence electrons. The normalized spacial score (nSPS) is 14.7. The first kappa shape index (κ1) is 26.0. The number of hydrogen-bond donors (Lipinski definition) is 1. The fourth-order valence-corrected chi connectivity index (χ4v) is 5.08. The lowest BCUT2D eigenvalue weighted by molar-refractivity contribution is -0.138. The molecule has 2 aromatic carbocycles. The maximum atomic E-state index is 14.4. The number of aliphatic carboxylic acids is 1. The number of pyridine rings is 1. The number of fused-ring (bicyclic) bond motifs is 1. The average molecular weight is 528 g/mol. The van der Waals surface area contributed by atoms with Crippen LogP contribution in [0, 0.1) is 24.2 Å². The Labute approximate surface area is 223 Å². The minimum Gasteiger partial charge on any atom is -0.478 e. The van der Waals surface area contributed by atoms with Gasteiger partial charge in [-0.15, -0.1) is 0 Å². The lowest BCUT2D eigenvalue weighted by Gasteiger charge is -2.33. The van der Waals surface area contributed by atoms with Gasteiger partial charge in [0.1, 0.15) is 17.4 Å². The molecule has 0 unspecified atom stereocenters. The van der Waals surface area contributed by atoms with E-state index in [1.54, 1.807) is 66.2 Å². The predicted octanol–water partition coefficient (Wildman–Crippen LogP) is 7.39. The Kier molecular flexibility index (Phi) is 6.83. The number of carboxylic acid groups (broad SMARTS) is 1. The summed E-state index contributed by atoms with van der Waals surface area (Å²) in [4.78, 5) is 15.2. The van der Waals surface area contributed by atoms with E-state index >= 15 is 0 Å². The van der Waals surface area contributed by atoms with Crippen molar-refractivity contribution >= 4 is 28.8 Å². The average Bonchev–Trinajstić information content (AvgIpc) is 3.35. The number of nitrogens with zero attached hydrogens (tertiary/aromatic N) is 3. The van der Waals surface area contributed by atoms with Crippen LogP contribution in [0.1, 0.15) is 58.3 Å². The number of carboxylic acids is 1. The van der Waals surface area contributed by atoms with Gasteiger partial charge in [-0.25, -0.2) is 9.78 Å². The Morgan fingerprint density at radius 3 is 2.44 bits per heavy atom. The van der Waals surface area contributed by atoms with Crippen LogP contribution < -0.4 is 0 Å². The van der Waals surface area contributed by atoms with Crippen molar-refractivity contribution < 1.29 is 23.1 Å². The van der Waals surface area contributed by atoms with Crippen LogP contribution >= 0.6 is 0 Å². The standard InChI is InChI=1S/C31H24F3N3O2/c1-19-5-11-23(25(17-19)31(32,33)34)29(21-3-2-4-21)30(22-9-6-20(7-10-22)8-14-28(38)39)24-12-13-27-36-15-16-37(27)26(24)18-35/h5-17,21H,2-4H2,1H3,(H,38,39)/b14-8+,30-29+. The SMILES string of the molecule is Cc1ccc(/C(=C(\c2ccc(/C=C/C(=O)O)cc2)c2ccc3nccn3c2C#N)C2CCC2)c(C(F)(F)F)c1. The van der Waals surface area contributed by atoms with Gasteiger partial charge in [0.25, 0.3) is 0 Å². The number of hydrogen-bond acceptors (Lipinski definition) is 3. The molecular formula is C31H24F3N3O2. The fraction of sp³-hybridized carbons (Fsp3) is 0.194. The number of rotatable bonds is 6. The summed E-state index contributed by atoms with van der Waals surface area (Å²) >= 11 is 0. The first-order valence-electron chi connectivity index (χ1n) is 12.5. The molecule has 8 heteroatoms. The number of allylic oxidation sites excluding steroid dienone is 1. The fourth-order valence-electron chi connectivity index (χ4n) is 5.08. The first-order valence-corrected chi connectivity index (χ1v) is 12.5. The van der Waals surface area contributed by atoms with E-state index in [9.17, 15) is 23.2 Å². The summed E-state index contributed by atoms with van der Waals surface area (Å²) in [6.07, 6.45) is 3.50. The molecule has 0 radical (unpaired) electrons. The van der Waals surface area contributed by atoms with E-state index in [1.165, 1.54) is 18.2 Å². The maximum Gasteiger partial charge on any atom is 0.417 e. The number of alkyl halides is 3. The van der Waals surface area contributed by atoms with Crippen LogP contribution in [0.25, 0.3) is 22.9 Å². The van der Waals surface area contributed by atoms with E-state index in [1.807, 2.05) is 0 Å². The van der Waals surface area contributed by atoms with Gasteiger partial charge in [0.15, 0.2) is 0 Å². The lowest BCUT2D eigenvalue weighted by atomic mass is 9.72. The zero-order valence-corrected chi connectivity index (χ0v) is 21.0. The second-order valence-corrected chi connectivity index (χ2v) is 9.62. The predicted molar refractivity (Wildman–Crippen MR) is 142 cm³/mol. The highest BCUT2D eigenvalue weighted by atomic mass is 19.4. The molecule has 1 N–H and O–H groups in total. The van der Waals surface area contributed by atoms with E-state index < -0.39 is 17.7 Å². The Morgan fingerprint density at radius 1 is 1.10 bits per heavy atom. The molecule has 2 heterocycles. The van der Waals surface area contributed by atoms with E-state index in [0.717, 1.165) is 25.3 Å².